The molecule has 0 aromatic heterocycles. The fourth-order valence-electron chi connectivity index (χ4n) is 2.60. The number of carbonyl (C=O) groups excluding carboxylic acids is 1. The van der Waals surface area contributed by atoms with Gasteiger partial charge >= 0.3 is 5.97 Å². The van der Waals surface area contributed by atoms with E-state index < -0.39 is 49.0 Å². The monoisotopic (exact) mass is 327 g/mol. The summed E-state index contributed by atoms with van der Waals surface area (Å²) in [7, 11) is -6.17. The van der Waals surface area contributed by atoms with Crippen LogP contribution in [0.4, 0.5) is 0 Å². The zero-order valence-electron chi connectivity index (χ0n) is 10.9. The summed E-state index contributed by atoms with van der Waals surface area (Å²) in [5.74, 6) is -1.35. The highest BCUT2D eigenvalue weighted by molar-refractivity contribution is 7.95. The lowest BCUT2D eigenvalue weighted by Gasteiger charge is -2.24. The molecule has 0 spiro atoms. The zero-order chi connectivity index (χ0) is 15.1. The molecule has 8 nitrogen and oxygen atoms in total. The maximum atomic E-state index is 12.4. The minimum Gasteiger partial charge on any atom is -0.468 e. The third-order valence-corrected chi connectivity index (χ3v) is 7.93. The summed E-state index contributed by atoms with van der Waals surface area (Å²) in [6.45, 7) is -0.210. The van der Waals surface area contributed by atoms with Crippen molar-refractivity contribution in [2.24, 2.45) is 0 Å². The summed E-state index contributed by atoms with van der Waals surface area (Å²) in [6.07, 6.45) is -0.969. The van der Waals surface area contributed by atoms with E-state index in [1.165, 1.54) is 0 Å². The van der Waals surface area contributed by atoms with Crippen LogP contribution in [0.1, 0.15) is 12.8 Å². The van der Waals surface area contributed by atoms with Gasteiger partial charge in [-0.25, -0.2) is 16.8 Å². The fraction of sp³-hybridized carbons (Fsp3) is 0.900. The Labute approximate surface area is 117 Å². The van der Waals surface area contributed by atoms with Crippen molar-refractivity contribution in [3.63, 3.8) is 0 Å². The van der Waals surface area contributed by atoms with Gasteiger partial charge in [0.05, 0.1) is 30.0 Å². The SMILES string of the molecule is COC(=O)C1CC(O)CN1S(=O)(=O)C1CCS(=O)(=O)C1. The van der Waals surface area contributed by atoms with E-state index in [1.807, 2.05) is 0 Å². The number of β-amino-alcohol motifs (C(OH)–C–C–N with tert-alkyl or cyclic N) is 1. The van der Waals surface area contributed by atoms with Crippen LogP contribution in [0.2, 0.25) is 0 Å². The number of aliphatic hydroxyl groups excluding tert-OH is 1. The summed E-state index contributed by atoms with van der Waals surface area (Å²) in [4.78, 5) is 11.6. The molecule has 116 valence electrons. The molecule has 0 radical (unpaired) electrons. The predicted octanol–water partition coefficient (Wildman–Crippen LogP) is -1.89. The van der Waals surface area contributed by atoms with E-state index in [1.54, 1.807) is 0 Å². The number of rotatable bonds is 3. The number of sulfone groups is 1. The topological polar surface area (TPSA) is 118 Å². The van der Waals surface area contributed by atoms with Crippen molar-refractivity contribution >= 4 is 25.8 Å². The molecular weight excluding hydrogens is 310 g/mol. The molecule has 2 aliphatic heterocycles. The molecule has 0 aliphatic carbocycles. The Morgan fingerprint density at radius 2 is 2.05 bits per heavy atom. The van der Waals surface area contributed by atoms with Crippen molar-refractivity contribution in [2.75, 3.05) is 25.2 Å². The first-order valence-corrected chi connectivity index (χ1v) is 9.47. The molecule has 20 heavy (non-hydrogen) atoms. The molecule has 2 heterocycles. The van der Waals surface area contributed by atoms with Gasteiger partial charge in [-0.2, -0.15) is 4.31 Å². The predicted molar refractivity (Wildman–Crippen MR) is 69.1 cm³/mol. The normalized spacial score (nSPS) is 34.2. The molecule has 0 bridgehead atoms. The first-order chi connectivity index (χ1) is 9.17. The van der Waals surface area contributed by atoms with Crippen molar-refractivity contribution in [1.82, 2.24) is 4.31 Å². The van der Waals surface area contributed by atoms with Crippen LogP contribution in [0.5, 0.6) is 0 Å². The van der Waals surface area contributed by atoms with E-state index in [4.69, 9.17) is 0 Å². The minimum absolute atomic E-state index is 0.0190. The van der Waals surface area contributed by atoms with E-state index in [0.717, 1.165) is 11.4 Å². The Morgan fingerprint density at radius 1 is 1.40 bits per heavy atom. The molecule has 0 saturated carbocycles. The molecule has 0 amide bonds. The van der Waals surface area contributed by atoms with Gasteiger partial charge in [-0.1, -0.05) is 0 Å². The van der Waals surface area contributed by atoms with Crippen molar-refractivity contribution in [3.05, 3.63) is 0 Å². The maximum absolute atomic E-state index is 12.4. The number of hydrogen-bond acceptors (Lipinski definition) is 7. The van der Waals surface area contributed by atoms with Gasteiger partial charge in [-0.15, -0.1) is 0 Å². The van der Waals surface area contributed by atoms with E-state index in [2.05, 4.69) is 4.74 Å². The quantitative estimate of drug-likeness (QED) is 0.602. The summed E-state index contributed by atoms with van der Waals surface area (Å²) in [5.41, 5.74) is 0. The van der Waals surface area contributed by atoms with E-state index in [0.29, 0.717) is 0 Å². The second-order valence-corrected chi connectivity index (χ2v) is 9.46. The lowest BCUT2D eigenvalue weighted by molar-refractivity contribution is -0.144. The van der Waals surface area contributed by atoms with Gasteiger partial charge in [0.1, 0.15) is 6.04 Å². The van der Waals surface area contributed by atoms with E-state index >= 15 is 0 Å². The van der Waals surface area contributed by atoms with Crippen molar-refractivity contribution in [2.45, 2.75) is 30.2 Å². The highest BCUT2D eigenvalue weighted by Gasteiger charge is 2.48. The van der Waals surface area contributed by atoms with Crippen LogP contribution >= 0.6 is 0 Å². The van der Waals surface area contributed by atoms with Crippen LogP contribution < -0.4 is 0 Å². The van der Waals surface area contributed by atoms with E-state index in [-0.39, 0.29) is 25.1 Å². The Kier molecular flexibility index (Phi) is 4.11. The summed E-state index contributed by atoms with van der Waals surface area (Å²) in [6, 6.07) is -1.08. The Bertz CT molecular complexity index is 597. The molecule has 0 aromatic carbocycles. The Hall–Kier alpha value is -0.710. The molecule has 3 unspecified atom stereocenters. The molecule has 2 aliphatic rings. The standard InChI is InChI=1S/C10H17NO7S2/c1-18-10(13)9-4-7(12)5-11(9)20(16,17)8-2-3-19(14,15)6-8/h7-9,12H,2-6H2,1H3. The van der Waals surface area contributed by atoms with Gasteiger partial charge in [-0.05, 0) is 6.42 Å². The second-order valence-electron chi connectivity index (χ2n) is 5.07. The third kappa shape index (κ3) is 2.83. The van der Waals surface area contributed by atoms with Crippen LogP contribution in [0.15, 0.2) is 0 Å². The van der Waals surface area contributed by atoms with Crippen molar-refractivity contribution in [3.8, 4) is 0 Å². The largest absolute Gasteiger partial charge is 0.468 e. The van der Waals surface area contributed by atoms with Crippen LogP contribution in [0.3, 0.4) is 0 Å². The molecule has 1 N–H and O–H groups in total. The Morgan fingerprint density at radius 3 is 2.55 bits per heavy atom. The van der Waals surface area contributed by atoms with Gasteiger partial charge in [0.25, 0.3) is 0 Å². The molecule has 2 saturated heterocycles. The minimum atomic E-state index is -3.95. The van der Waals surface area contributed by atoms with E-state index in [9.17, 15) is 26.7 Å². The molecule has 2 fully saturated rings. The first kappa shape index (κ1) is 15.7. The molecule has 2 rings (SSSR count). The number of sulfonamides is 1. The number of ether oxygens (including phenoxy) is 1. The fourth-order valence-corrected chi connectivity index (χ4v) is 7.31. The second kappa shape index (κ2) is 5.24. The van der Waals surface area contributed by atoms with Crippen LogP contribution in [-0.2, 0) is 29.4 Å². The van der Waals surface area contributed by atoms with Gasteiger partial charge in [-0.3, -0.25) is 4.79 Å². The van der Waals surface area contributed by atoms with Gasteiger partial charge in [0.2, 0.25) is 10.0 Å². The number of aliphatic hydroxyl groups is 1. The molecule has 0 aromatic rings. The van der Waals surface area contributed by atoms with Crippen molar-refractivity contribution in [1.29, 1.82) is 0 Å². The summed E-state index contributed by atoms with van der Waals surface area (Å²) < 4.78 is 53.1. The van der Waals surface area contributed by atoms with Crippen molar-refractivity contribution < 1.29 is 31.5 Å². The first-order valence-electron chi connectivity index (χ1n) is 6.14. The number of methoxy groups -OCH3 is 1. The highest BCUT2D eigenvalue weighted by atomic mass is 32.2. The maximum Gasteiger partial charge on any atom is 0.324 e. The lowest BCUT2D eigenvalue weighted by Crippen LogP contribution is -2.46. The average Bonchev–Trinajstić information content (AvgIpc) is 2.92. The molecular formula is C10H17NO7S2. The summed E-state index contributed by atoms with van der Waals surface area (Å²) >= 11 is 0. The average molecular weight is 327 g/mol. The van der Waals surface area contributed by atoms with Crippen LogP contribution in [-0.4, -0.2) is 74.8 Å². The molecule has 10 heteroatoms. The number of nitrogens with zero attached hydrogens (tertiary/aromatic N) is 1. The highest BCUT2D eigenvalue weighted by Crippen LogP contribution is 2.29. The number of hydrogen-bond donors (Lipinski definition) is 1. The Balaban J connectivity index is 2.26. The van der Waals surface area contributed by atoms with Gasteiger partial charge in [0, 0.05) is 13.0 Å². The molecule has 3 atom stereocenters. The summed E-state index contributed by atoms with van der Waals surface area (Å²) in [5, 5.41) is 8.54. The van der Waals surface area contributed by atoms with Crippen LogP contribution in [0, 0.1) is 0 Å². The zero-order valence-corrected chi connectivity index (χ0v) is 12.6. The van der Waals surface area contributed by atoms with Gasteiger partial charge in [0.15, 0.2) is 9.84 Å². The van der Waals surface area contributed by atoms with Gasteiger partial charge < -0.3 is 9.84 Å². The van der Waals surface area contributed by atoms with Crippen LogP contribution in [0.25, 0.3) is 0 Å². The number of carbonyl (C=O) groups is 1. The number of esters is 1. The third-order valence-electron chi connectivity index (χ3n) is 3.65. The smallest absolute Gasteiger partial charge is 0.324 e. The lowest BCUT2D eigenvalue weighted by atomic mass is 10.2.